The summed E-state index contributed by atoms with van der Waals surface area (Å²) in [4.78, 5) is 4.28. The molecule has 4 heteroatoms. The fourth-order valence-corrected chi connectivity index (χ4v) is 2.20. The van der Waals surface area contributed by atoms with Crippen molar-refractivity contribution >= 4 is 0 Å². The van der Waals surface area contributed by atoms with Crippen LogP contribution in [0.4, 0.5) is 0 Å². The van der Waals surface area contributed by atoms with Gasteiger partial charge in [0.1, 0.15) is 12.2 Å². The van der Waals surface area contributed by atoms with Gasteiger partial charge in [0.15, 0.2) is 0 Å². The molecule has 15 heavy (non-hydrogen) atoms. The molecular formula is C11H20N4. The molecule has 1 aromatic heterocycles. The van der Waals surface area contributed by atoms with Crippen molar-refractivity contribution in [3.63, 3.8) is 0 Å². The lowest BCUT2D eigenvalue weighted by atomic mass is 9.94. The van der Waals surface area contributed by atoms with Crippen LogP contribution in [0.5, 0.6) is 0 Å². The minimum absolute atomic E-state index is 0.528. The molecule has 2 rings (SSSR count). The summed E-state index contributed by atoms with van der Waals surface area (Å²) in [6.07, 6.45) is 5.41. The maximum atomic E-state index is 4.28. The summed E-state index contributed by atoms with van der Waals surface area (Å²) in [5, 5.41) is 7.51. The summed E-state index contributed by atoms with van der Waals surface area (Å²) in [6.45, 7) is 2.34. The average molecular weight is 208 g/mol. The lowest BCUT2D eigenvalue weighted by Crippen LogP contribution is -2.36. The third-order valence-corrected chi connectivity index (χ3v) is 3.58. The number of aryl methyl sites for hydroxylation is 1. The van der Waals surface area contributed by atoms with Crippen LogP contribution in [0.3, 0.4) is 0 Å². The number of rotatable bonds is 5. The Morgan fingerprint density at radius 1 is 1.60 bits per heavy atom. The maximum Gasteiger partial charge on any atom is 0.138 e. The molecule has 0 aliphatic heterocycles. The molecule has 1 fully saturated rings. The second-order valence-electron chi connectivity index (χ2n) is 4.60. The van der Waals surface area contributed by atoms with E-state index in [1.54, 1.807) is 6.33 Å². The maximum absolute atomic E-state index is 4.28. The van der Waals surface area contributed by atoms with Crippen molar-refractivity contribution < 1.29 is 0 Å². The highest BCUT2D eigenvalue weighted by Crippen LogP contribution is 2.38. The number of likely N-dealkylation sites (N-methyl/N-ethyl adjacent to an activating group) is 1. The van der Waals surface area contributed by atoms with E-state index in [9.17, 15) is 0 Å². The molecule has 1 aromatic rings. The third-order valence-electron chi connectivity index (χ3n) is 3.58. The Bertz CT molecular complexity index is 316. The molecule has 1 heterocycles. The van der Waals surface area contributed by atoms with Gasteiger partial charge in [-0.05, 0) is 31.7 Å². The second kappa shape index (κ2) is 4.31. The molecule has 0 amide bonds. The Labute approximate surface area is 91.1 Å². The molecule has 2 unspecified atom stereocenters. The van der Waals surface area contributed by atoms with Gasteiger partial charge in [-0.1, -0.05) is 6.92 Å². The summed E-state index contributed by atoms with van der Waals surface area (Å²) < 4.78 is 1.87. The molecule has 2 atom stereocenters. The Kier molecular flexibility index (Phi) is 3.05. The normalized spacial score (nSPS) is 20.2. The second-order valence-corrected chi connectivity index (χ2v) is 4.60. The monoisotopic (exact) mass is 208 g/mol. The van der Waals surface area contributed by atoms with Gasteiger partial charge in [0.25, 0.3) is 0 Å². The Hall–Kier alpha value is -0.900. The van der Waals surface area contributed by atoms with Crippen molar-refractivity contribution in [2.24, 2.45) is 18.9 Å². The van der Waals surface area contributed by atoms with Crippen LogP contribution >= 0.6 is 0 Å². The quantitative estimate of drug-likeness (QED) is 0.784. The van der Waals surface area contributed by atoms with Crippen molar-refractivity contribution in [3.05, 3.63) is 12.2 Å². The van der Waals surface area contributed by atoms with E-state index in [0.29, 0.717) is 6.04 Å². The minimum atomic E-state index is 0.528. The van der Waals surface area contributed by atoms with E-state index in [1.165, 1.54) is 12.8 Å². The lowest BCUT2D eigenvalue weighted by molar-refractivity contribution is 0.350. The van der Waals surface area contributed by atoms with Crippen LogP contribution in [-0.4, -0.2) is 27.9 Å². The van der Waals surface area contributed by atoms with Gasteiger partial charge in [0.05, 0.1) is 0 Å². The first-order chi connectivity index (χ1) is 7.22. The molecule has 0 saturated heterocycles. The molecule has 1 saturated carbocycles. The summed E-state index contributed by atoms with van der Waals surface area (Å²) >= 11 is 0. The molecular weight excluding hydrogens is 188 g/mol. The number of hydrogen-bond donors (Lipinski definition) is 1. The van der Waals surface area contributed by atoms with Crippen molar-refractivity contribution in [1.82, 2.24) is 20.1 Å². The number of aromatic nitrogens is 3. The molecule has 1 aliphatic carbocycles. The van der Waals surface area contributed by atoms with Crippen molar-refractivity contribution in [1.29, 1.82) is 0 Å². The molecule has 84 valence electrons. The van der Waals surface area contributed by atoms with Gasteiger partial charge in [-0.15, -0.1) is 0 Å². The standard InChI is InChI=1S/C11H20N4/c1-8(9-4-5-9)10(12-2)6-11-13-7-14-15(11)3/h7-10,12H,4-6H2,1-3H3. The van der Waals surface area contributed by atoms with Crippen molar-refractivity contribution in [3.8, 4) is 0 Å². The van der Waals surface area contributed by atoms with Gasteiger partial charge < -0.3 is 5.32 Å². The van der Waals surface area contributed by atoms with Crippen LogP contribution in [0.1, 0.15) is 25.6 Å². The topological polar surface area (TPSA) is 42.7 Å². The van der Waals surface area contributed by atoms with Gasteiger partial charge in [-0.25, -0.2) is 4.98 Å². The highest BCUT2D eigenvalue weighted by molar-refractivity contribution is 4.94. The third kappa shape index (κ3) is 2.37. The smallest absolute Gasteiger partial charge is 0.138 e. The molecule has 1 N–H and O–H groups in total. The summed E-state index contributed by atoms with van der Waals surface area (Å²) in [6, 6.07) is 0.528. The first-order valence-corrected chi connectivity index (χ1v) is 5.72. The Morgan fingerprint density at radius 3 is 2.80 bits per heavy atom. The Balaban J connectivity index is 1.98. The van der Waals surface area contributed by atoms with Crippen molar-refractivity contribution in [2.45, 2.75) is 32.2 Å². The molecule has 1 aliphatic rings. The zero-order valence-corrected chi connectivity index (χ0v) is 9.77. The molecule has 4 nitrogen and oxygen atoms in total. The number of nitrogens with one attached hydrogen (secondary N) is 1. The fourth-order valence-electron chi connectivity index (χ4n) is 2.20. The summed E-state index contributed by atoms with van der Waals surface area (Å²) in [5.41, 5.74) is 0. The predicted molar refractivity (Wildman–Crippen MR) is 59.4 cm³/mol. The summed E-state index contributed by atoms with van der Waals surface area (Å²) in [7, 11) is 4.00. The van der Waals surface area contributed by atoms with Crippen LogP contribution in [0.2, 0.25) is 0 Å². The molecule has 0 bridgehead atoms. The van der Waals surface area contributed by atoms with E-state index >= 15 is 0 Å². The van der Waals surface area contributed by atoms with Crippen LogP contribution < -0.4 is 5.32 Å². The molecule has 0 radical (unpaired) electrons. The van der Waals surface area contributed by atoms with Crippen LogP contribution in [-0.2, 0) is 13.5 Å². The molecule has 0 aromatic carbocycles. The van der Waals surface area contributed by atoms with Crippen molar-refractivity contribution in [2.75, 3.05) is 7.05 Å². The van der Waals surface area contributed by atoms with Crippen LogP contribution in [0, 0.1) is 11.8 Å². The molecule has 0 spiro atoms. The van der Waals surface area contributed by atoms with Gasteiger partial charge in [0, 0.05) is 19.5 Å². The fraction of sp³-hybridized carbons (Fsp3) is 0.818. The Morgan fingerprint density at radius 2 is 2.33 bits per heavy atom. The largest absolute Gasteiger partial charge is 0.316 e. The van der Waals surface area contributed by atoms with Gasteiger partial charge in [0.2, 0.25) is 0 Å². The number of hydrogen-bond acceptors (Lipinski definition) is 3. The van der Waals surface area contributed by atoms with E-state index < -0.39 is 0 Å². The highest BCUT2D eigenvalue weighted by atomic mass is 15.3. The summed E-state index contributed by atoms with van der Waals surface area (Å²) in [5.74, 6) is 2.74. The van der Waals surface area contributed by atoms with E-state index in [-0.39, 0.29) is 0 Å². The van der Waals surface area contributed by atoms with E-state index in [2.05, 4.69) is 22.3 Å². The van der Waals surface area contributed by atoms with E-state index in [4.69, 9.17) is 0 Å². The van der Waals surface area contributed by atoms with Crippen LogP contribution in [0.15, 0.2) is 6.33 Å². The van der Waals surface area contributed by atoms with Crippen LogP contribution in [0.25, 0.3) is 0 Å². The SMILES string of the molecule is CNC(Cc1ncnn1C)C(C)C1CC1. The highest BCUT2D eigenvalue weighted by Gasteiger charge is 2.33. The first kappa shape index (κ1) is 10.6. The average Bonchev–Trinajstić information content (AvgIpc) is 3.00. The zero-order chi connectivity index (χ0) is 10.8. The minimum Gasteiger partial charge on any atom is -0.316 e. The zero-order valence-electron chi connectivity index (χ0n) is 9.77. The van der Waals surface area contributed by atoms with E-state index in [0.717, 1.165) is 24.1 Å². The van der Waals surface area contributed by atoms with E-state index in [1.807, 2.05) is 18.8 Å². The lowest BCUT2D eigenvalue weighted by Gasteiger charge is -2.22. The predicted octanol–water partition coefficient (Wildman–Crippen LogP) is 0.992. The van der Waals surface area contributed by atoms with Gasteiger partial charge >= 0.3 is 0 Å². The van der Waals surface area contributed by atoms with Gasteiger partial charge in [-0.2, -0.15) is 5.10 Å². The first-order valence-electron chi connectivity index (χ1n) is 5.72. The van der Waals surface area contributed by atoms with Gasteiger partial charge in [-0.3, -0.25) is 4.68 Å². The number of nitrogens with zero attached hydrogens (tertiary/aromatic N) is 3.